The number of ether oxygens (including phenoxy) is 1. The first-order chi connectivity index (χ1) is 13.7. The Morgan fingerprint density at radius 2 is 1.43 bits per heavy atom. The van der Waals surface area contributed by atoms with Gasteiger partial charge in [-0.2, -0.15) is 0 Å². The Morgan fingerprint density at radius 3 is 2.14 bits per heavy atom. The lowest BCUT2D eigenvalue weighted by Crippen LogP contribution is -2.12. The number of rotatable bonds is 3. The Balaban J connectivity index is 1.46. The van der Waals surface area contributed by atoms with Crippen molar-refractivity contribution in [3.63, 3.8) is 0 Å². The molecule has 28 heavy (non-hydrogen) atoms. The molecule has 0 spiro atoms. The van der Waals surface area contributed by atoms with Gasteiger partial charge in [-0.15, -0.1) is 0 Å². The first kappa shape index (κ1) is 18.6. The summed E-state index contributed by atoms with van der Waals surface area (Å²) in [5, 5.41) is 2.36. The van der Waals surface area contributed by atoms with Crippen molar-refractivity contribution in [2.24, 2.45) is 5.92 Å². The van der Waals surface area contributed by atoms with E-state index in [-0.39, 0.29) is 0 Å². The number of benzene rings is 3. The molecule has 1 saturated carbocycles. The molecule has 0 saturated heterocycles. The average Bonchev–Trinajstić information content (AvgIpc) is 2.77. The highest BCUT2D eigenvalue weighted by molar-refractivity contribution is 5.85. The summed E-state index contributed by atoms with van der Waals surface area (Å²) in [4.78, 5) is 0. The lowest BCUT2D eigenvalue weighted by Gasteiger charge is -2.28. The molecule has 0 heterocycles. The third-order valence-electron chi connectivity index (χ3n) is 6.20. The monoisotopic (exact) mass is 368 g/mol. The summed E-state index contributed by atoms with van der Waals surface area (Å²) in [5.41, 5.74) is 3.61. The van der Waals surface area contributed by atoms with E-state index in [0.717, 1.165) is 28.7 Å². The van der Waals surface area contributed by atoms with Crippen LogP contribution in [-0.4, -0.2) is 7.11 Å². The molecule has 142 valence electrons. The van der Waals surface area contributed by atoms with E-state index in [4.69, 9.17) is 4.74 Å². The third-order valence-corrected chi connectivity index (χ3v) is 6.20. The molecule has 1 aliphatic carbocycles. The van der Waals surface area contributed by atoms with Crippen molar-refractivity contribution in [1.29, 1.82) is 0 Å². The van der Waals surface area contributed by atoms with Gasteiger partial charge < -0.3 is 4.74 Å². The number of methoxy groups -OCH3 is 1. The lowest BCUT2D eigenvalue weighted by atomic mass is 9.78. The zero-order valence-corrected chi connectivity index (χ0v) is 16.9. The van der Waals surface area contributed by atoms with Crippen LogP contribution < -0.4 is 4.74 Å². The summed E-state index contributed by atoms with van der Waals surface area (Å²) in [7, 11) is 1.70. The molecule has 0 aromatic heterocycles. The van der Waals surface area contributed by atoms with Gasteiger partial charge in [0.05, 0.1) is 7.11 Å². The maximum absolute atomic E-state index is 5.29. The second-order valence-electron chi connectivity index (χ2n) is 7.93. The first-order valence-electron chi connectivity index (χ1n) is 10.4. The molecule has 0 unspecified atom stereocenters. The van der Waals surface area contributed by atoms with Crippen molar-refractivity contribution in [3.8, 4) is 17.6 Å². The predicted molar refractivity (Wildman–Crippen MR) is 118 cm³/mol. The Labute approximate surface area is 168 Å². The minimum absolute atomic E-state index is 0.738. The van der Waals surface area contributed by atoms with Crippen LogP contribution in [0.4, 0.5) is 0 Å². The molecule has 0 radical (unpaired) electrons. The highest BCUT2D eigenvalue weighted by Gasteiger charge is 2.20. The van der Waals surface area contributed by atoms with Gasteiger partial charge in [0.1, 0.15) is 5.75 Å². The fourth-order valence-electron chi connectivity index (χ4n) is 4.32. The van der Waals surface area contributed by atoms with E-state index in [1.54, 1.807) is 7.11 Å². The normalized spacial score (nSPS) is 19.1. The Kier molecular flexibility index (Phi) is 5.68. The van der Waals surface area contributed by atoms with E-state index in [9.17, 15) is 0 Å². The Hall–Kier alpha value is -2.72. The molecule has 3 aromatic rings. The molecule has 0 aliphatic heterocycles. The van der Waals surface area contributed by atoms with E-state index in [2.05, 4.69) is 73.4 Å². The van der Waals surface area contributed by atoms with Crippen molar-refractivity contribution in [2.75, 3.05) is 7.11 Å². The lowest BCUT2D eigenvalue weighted by molar-refractivity contribution is 0.319. The van der Waals surface area contributed by atoms with Gasteiger partial charge >= 0.3 is 0 Å². The van der Waals surface area contributed by atoms with Gasteiger partial charge in [-0.1, -0.05) is 49.5 Å². The SMILES string of the molecule is CC[C@H]1CC[C@H](c2ccc(C#Cc3ccc4cc(OC)ccc4c3)cc2)CC1. The fraction of sp³-hybridized carbons (Fsp3) is 0.333. The van der Waals surface area contributed by atoms with Gasteiger partial charge in [0.25, 0.3) is 0 Å². The molecular weight excluding hydrogens is 340 g/mol. The molecule has 3 aromatic carbocycles. The van der Waals surface area contributed by atoms with Gasteiger partial charge in [-0.05, 0) is 90.3 Å². The second-order valence-corrected chi connectivity index (χ2v) is 7.93. The molecule has 0 bridgehead atoms. The van der Waals surface area contributed by atoms with E-state index in [1.165, 1.54) is 48.4 Å². The zero-order valence-electron chi connectivity index (χ0n) is 16.9. The summed E-state index contributed by atoms with van der Waals surface area (Å²) >= 11 is 0. The van der Waals surface area contributed by atoms with E-state index in [1.807, 2.05) is 6.07 Å². The van der Waals surface area contributed by atoms with Gasteiger partial charge in [0, 0.05) is 11.1 Å². The van der Waals surface area contributed by atoms with Crippen molar-refractivity contribution in [3.05, 3.63) is 77.4 Å². The smallest absolute Gasteiger partial charge is 0.119 e. The van der Waals surface area contributed by atoms with Crippen molar-refractivity contribution in [2.45, 2.75) is 44.9 Å². The quantitative estimate of drug-likeness (QED) is 0.455. The van der Waals surface area contributed by atoms with Gasteiger partial charge in [0.2, 0.25) is 0 Å². The van der Waals surface area contributed by atoms with Crippen LogP contribution in [-0.2, 0) is 0 Å². The van der Waals surface area contributed by atoms with Crippen LogP contribution in [0.25, 0.3) is 10.8 Å². The minimum atomic E-state index is 0.738. The summed E-state index contributed by atoms with van der Waals surface area (Å²) in [5.74, 6) is 9.20. The molecule has 0 N–H and O–H groups in total. The number of fused-ring (bicyclic) bond motifs is 1. The molecule has 0 amide bonds. The predicted octanol–water partition coefficient (Wildman–Crippen LogP) is 6.93. The summed E-state index contributed by atoms with van der Waals surface area (Å²) < 4.78 is 5.29. The molecule has 0 atom stereocenters. The topological polar surface area (TPSA) is 9.23 Å². The van der Waals surface area contributed by atoms with Gasteiger partial charge in [-0.25, -0.2) is 0 Å². The van der Waals surface area contributed by atoms with Crippen LogP contribution >= 0.6 is 0 Å². The molecule has 1 fully saturated rings. The number of hydrogen-bond acceptors (Lipinski definition) is 1. The van der Waals surface area contributed by atoms with E-state index < -0.39 is 0 Å². The van der Waals surface area contributed by atoms with Crippen molar-refractivity contribution in [1.82, 2.24) is 0 Å². The second kappa shape index (κ2) is 8.53. The first-order valence-corrected chi connectivity index (χ1v) is 10.4. The van der Waals surface area contributed by atoms with Crippen LogP contribution in [0.3, 0.4) is 0 Å². The Morgan fingerprint density at radius 1 is 0.786 bits per heavy atom. The van der Waals surface area contributed by atoms with Crippen LogP contribution in [0.5, 0.6) is 5.75 Å². The summed E-state index contributed by atoms with van der Waals surface area (Å²) in [6.45, 7) is 2.32. The van der Waals surface area contributed by atoms with Crippen LogP contribution in [0.1, 0.15) is 61.6 Å². The third kappa shape index (κ3) is 4.23. The Bertz CT molecular complexity index is 996. The van der Waals surface area contributed by atoms with Crippen LogP contribution in [0, 0.1) is 17.8 Å². The minimum Gasteiger partial charge on any atom is -0.497 e. The average molecular weight is 369 g/mol. The molecule has 1 nitrogen and oxygen atoms in total. The van der Waals surface area contributed by atoms with Gasteiger partial charge in [-0.3, -0.25) is 0 Å². The van der Waals surface area contributed by atoms with Crippen molar-refractivity contribution < 1.29 is 4.74 Å². The van der Waals surface area contributed by atoms with Crippen LogP contribution in [0.15, 0.2) is 60.7 Å². The summed E-state index contributed by atoms with van der Waals surface area (Å²) in [6, 6.07) is 21.4. The van der Waals surface area contributed by atoms with E-state index >= 15 is 0 Å². The van der Waals surface area contributed by atoms with Crippen molar-refractivity contribution >= 4 is 10.8 Å². The standard InChI is InChI=1S/C27H28O/c1-3-20-6-11-23(12-7-20)24-13-8-21(9-14-24)4-5-22-10-15-26-19-27(28-2)17-16-25(26)18-22/h8-10,13-20,23H,3,6-7,11-12H2,1-2H3/t20-,23-. The zero-order chi connectivity index (χ0) is 19.3. The molecule has 4 rings (SSSR count). The molecule has 1 heteroatoms. The maximum atomic E-state index is 5.29. The van der Waals surface area contributed by atoms with Gasteiger partial charge in [0.15, 0.2) is 0 Å². The molecule has 1 aliphatic rings. The number of hydrogen-bond donors (Lipinski definition) is 0. The highest BCUT2D eigenvalue weighted by Crippen LogP contribution is 2.36. The maximum Gasteiger partial charge on any atom is 0.119 e. The molecular formula is C27H28O. The summed E-state index contributed by atoms with van der Waals surface area (Å²) in [6.07, 6.45) is 6.79. The highest BCUT2D eigenvalue weighted by atomic mass is 16.5. The van der Waals surface area contributed by atoms with Crippen LogP contribution in [0.2, 0.25) is 0 Å². The largest absolute Gasteiger partial charge is 0.497 e. The fourth-order valence-corrected chi connectivity index (χ4v) is 4.32. The van der Waals surface area contributed by atoms with E-state index in [0.29, 0.717) is 0 Å².